The lowest BCUT2D eigenvalue weighted by molar-refractivity contribution is -0.137. The summed E-state index contributed by atoms with van der Waals surface area (Å²) in [4.78, 5) is 56.5. The van der Waals surface area contributed by atoms with Gasteiger partial charge in [-0.05, 0) is 68.7 Å². The Labute approximate surface area is 249 Å². The van der Waals surface area contributed by atoms with E-state index in [1.807, 2.05) is 0 Å². The second-order valence-corrected chi connectivity index (χ2v) is 10.4. The van der Waals surface area contributed by atoms with E-state index in [0.29, 0.717) is 28.9 Å². The van der Waals surface area contributed by atoms with E-state index in [2.05, 4.69) is 22.5 Å². The summed E-state index contributed by atoms with van der Waals surface area (Å²) in [6.07, 6.45) is 0.238. The van der Waals surface area contributed by atoms with Gasteiger partial charge in [-0.1, -0.05) is 19.6 Å². The predicted octanol–water partition coefficient (Wildman–Crippen LogP) is 4.71. The molecule has 0 radical (unpaired) electrons. The Bertz CT molecular complexity index is 1850. The number of alkyl halides is 3. The number of rotatable bonds is 9. The van der Waals surface area contributed by atoms with Crippen LogP contribution in [-0.4, -0.2) is 37.7 Å². The molecule has 1 aliphatic carbocycles. The number of fused-ring (bicyclic) bond motifs is 1. The average Bonchev–Trinajstić information content (AvgIpc) is 3.75. The van der Waals surface area contributed by atoms with Gasteiger partial charge in [0, 0.05) is 40.4 Å². The maximum Gasteiger partial charge on any atom is 0.416 e. The lowest BCUT2D eigenvalue weighted by atomic mass is 9.99. The first-order valence-corrected chi connectivity index (χ1v) is 13.9. The minimum absolute atomic E-state index is 0.126. The van der Waals surface area contributed by atoms with Crippen LogP contribution in [0.2, 0.25) is 0 Å². The van der Waals surface area contributed by atoms with Crippen molar-refractivity contribution in [3.8, 4) is 11.1 Å². The molecule has 0 unspecified atom stereocenters. The van der Waals surface area contributed by atoms with Crippen LogP contribution in [0.3, 0.4) is 0 Å². The third-order valence-electron chi connectivity index (χ3n) is 7.19. The Hall–Kier alpha value is -5.20. The average molecular weight is 607 g/mol. The van der Waals surface area contributed by atoms with Crippen molar-refractivity contribution in [3.05, 3.63) is 94.2 Å². The molecule has 13 heteroatoms. The smallest absolute Gasteiger partial charge is 0.349 e. The molecule has 4 aromatic rings. The van der Waals surface area contributed by atoms with Crippen molar-refractivity contribution in [2.45, 2.75) is 51.9 Å². The molecule has 10 nitrogen and oxygen atoms in total. The molecule has 44 heavy (non-hydrogen) atoms. The number of imidazole rings is 1. The lowest BCUT2D eigenvalue weighted by Gasteiger charge is -2.15. The molecular formula is C31H29F3N6O4. The zero-order valence-corrected chi connectivity index (χ0v) is 23.9. The summed E-state index contributed by atoms with van der Waals surface area (Å²) in [6, 6.07) is 8.87. The SMILES string of the molecule is C=CC(=O)Nc1cc(C(=O)NC2CC2)ccc1-c1c(CC)nc2n(CC(=O)Nc3ccc(C(F)(F)F)cc3)c(C)cn2c1=O. The molecule has 2 heterocycles. The van der Waals surface area contributed by atoms with Crippen molar-refractivity contribution in [3.63, 3.8) is 0 Å². The Morgan fingerprint density at radius 3 is 2.41 bits per heavy atom. The number of hydrogen-bond donors (Lipinski definition) is 3. The number of halogens is 3. The van der Waals surface area contributed by atoms with E-state index in [1.165, 1.54) is 21.2 Å². The number of hydrogen-bond acceptors (Lipinski definition) is 5. The summed E-state index contributed by atoms with van der Waals surface area (Å²) in [5, 5.41) is 8.16. The molecule has 3 amide bonds. The van der Waals surface area contributed by atoms with Gasteiger partial charge in [-0.2, -0.15) is 13.2 Å². The topological polar surface area (TPSA) is 127 Å². The first kappa shape index (κ1) is 30.3. The van der Waals surface area contributed by atoms with Gasteiger partial charge in [-0.25, -0.2) is 4.98 Å². The van der Waals surface area contributed by atoms with E-state index in [9.17, 15) is 32.3 Å². The van der Waals surface area contributed by atoms with Crippen LogP contribution in [0.4, 0.5) is 24.5 Å². The summed E-state index contributed by atoms with van der Waals surface area (Å²) in [5.41, 5.74) is 0.931. The summed E-state index contributed by atoms with van der Waals surface area (Å²) in [5.74, 6) is -1.17. The normalized spacial score (nSPS) is 13.0. The molecule has 2 aromatic heterocycles. The zero-order chi connectivity index (χ0) is 31.8. The molecule has 1 fully saturated rings. The highest BCUT2D eigenvalue weighted by molar-refractivity contribution is 6.04. The molecular weight excluding hydrogens is 577 g/mol. The zero-order valence-electron chi connectivity index (χ0n) is 23.9. The van der Waals surface area contributed by atoms with Gasteiger partial charge < -0.3 is 20.5 Å². The predicted molar refractivity (Wildman–Crippen MR) is 158 cm³/mol. The Kier molecular flexibility index (Phi) is 8.13. The molecule has 228 valence electrons. The van der Waals surface area contributed by atoms with E-state index in [1.54, 1.807) is 26.0 Å². The molecule has 3 N–H and O–H groups in total. The van der Waals surface area contributed by atoms with Gasteiger partial charge in [0.2, 0.25) is 17.6 Å². The van der Waals surface area contributed by atoms with Crippen LogP contribution in [-0.2, 0) is 28.7 Å². The summed E-state index contributed by atoms with van der Waals surface area (Å²) in [6.45, 7) is 6.71. The van der Waals surface area contributed by atoms with Crippen LogP contribution in [0.1, 0.15) is 47.1 Å². The second-order valence-electron chi connectivity index (χ2n) is 10.4. The minimum Gasteiger partial charge on any atom is -0.349 e. The fourth-order valence-electron chi connectivity index (χ4n) is 4.78. The maximum atomic E-state index is 13.9. The Morgan fingerprint density at radius 1 is 1.09 bits per heavy atom. The number of amides is 3. The number of anilines is 2. The van der Waals surface area contributed by atoms with Crippen molar-refractivity contribution < 1.29 is 27.6 Å². The van der Waals surface area contributed by atoms with E-state index in [0.717, 1.165) is 43.2 Å². The molecule has 0 spiro atoms. The molecule has 2 aromatic carbocycles. The second kappa shape index (κ2) is 11.8. The number of nitrogens with zero attached hydrogens (tertiary/aromatic N) is 3. The minimum atomic E-state index is -4.50. The Balaban J connectivity index is 1.51. The van der Waals surface area contributed by atoms with Crippen LogP contribution in [0.15, 0.2) is 66.1 Å². The van der Waals surface area contributed by atoms with E-state index in [4.69, 9.17) is 4.98 Å². The van der Waals surface area contributed by atoms with Crippen molar-refractivity contribution >= 4 is 34.9 Å². The third-order valence-corrected chi connectivity index (χ3v) is 7.19. The van der Waals surface area contributed by atoms with E-state index >= 15 is 0 Å². The van der Waals surface area contributed by atoms with Crippen molar-refractivity contribution in [1.82, 2.24) is 19.3 Å². The van der Waals surface area contributed by atoms with Crippen molar-refractivity contribution in [2.75, 3.05) is 10.6 Å². The number of carbonyl (C=O) groups is 3. The van der Waals surface area contributed by atoms with Gasteiger partial charge in [0.05, 0.1) is 16.8 Å². The molecule has 1 aliphatic rings. The first-order valence-electron chi connectivity index (χ1n) is 13.9. The standard InChI is InChI=1S/C31H29F3N6O4/c1-4-23-27(22-13-6-18(28(43)36-21-11-12-21)14-24(22)37-25(41)5-2)29(44)40-15-17(3)39(30(40)38-23)16-26(42)35-20-9-7-19(8-10-20)31(32,33)34/h5-10,13-15,21H,2,4,11-12,16H2,1,3H3,(H,35,42)(H,36,43)(H,37,41). The van der Waals surface area contributed by atoms with Gasteiger partial charge in [0.1, 0.15) is 6.54 Å². The van der Waals surface area contributed by atoms with Crippen LogP contribution in [0, 0.1) is 6.92 Å². The summed E-state index contributed by atoms with van der Waals surface area (Å²) < 4.78 is 41.5. The lowest BCUT2D eigenvalue weighted by Crippen LogP contribution is -2.26. The van der Waals surface area contributed by atoms with Crippen molar-refractivity contribution in [1.29, 1.82) is 0 Å². The molecule has 0 atom stereocenters. The van der Waals surface area contributed by atoms with Gasteiger partial charge in [-0.15, -0.1) is 0 Å². The number of nitrogens with one attached hydrogen (secondary N) is 3. The maximum absolute atomic E-state index is 13.9. The molecule has 0 bridgehead atoms. The number of aryl methyl sites for hydroxylation is 2. The highest BCUT2D eigenvalue weighted by Crippen LogP contribution is 2.31. The van der Waals surface area contributed by atoms with Crippen LogP contribution < -0.4 is 21.5 Å². The van der Waals surface area contributed by atoms with Gasteiger partial charge in [0.25, 0.3) is 11.5 Å². The number of aromatic nitrogens is 3. The van der Waals surface area contributed by atoms with Gasteiger partial charge in [0.15, 0.2) is 0 Å². The fraction of sp³-hybridized carbons (Fsp3) is 0.258. The van der Waals surface area contributed by atoms with Crippen LogP contribution in [0.25, 0.3) is 16.9 Å². The van der Waals surface area contributed by atoms with Gasteiger partial charge >= 0.3 is 6.18 Å². The quantitative estimate of drug-likeness (QED) is 0.238. The first-order chi connectivity index (χ1) is 20.9. The van der Waals surface area contributed by atoms with Crippen LogP contribution >= 0.6 is 0 Å². The number of benzene rings is 2. The molecule has 1 saturated carbocycles. The highest BCUT2D eigenvalue weighted by atomic mass is 19.4. The monoisotopic (exact) mass is 606 g/mol. The number of carbonyl (C=O) groups excluding carboxylic acids is 3. The third kappa shape index (κ3) is 6.26. The highest BCUT2D eigenvalue weighted by Gasteiger charge is 2.30. The van der Waals surface area contributed by atoms with Gasteiger partial charge in [-0.3, -0.25) is 23.6 Å². The largest absolute Gasteiger partial charge is 0.416 e. The fourth-order valence-corrected chi connectivity index (χ4v) is 4.78. The molecule has 0 saturated heterocycles. The van der Waals surface area contributed by atoms with Crippen molar-refractivity contribution in [2.24, 2.45) is 0 Å². The summed E-state index contributed by atoms with van der Waals surface area (Å²) >= 11 is 0. The van der Waals surface area contributed by atoms with Crippen LogP contribution in [0.5, 0.6) is 0 Å². The Morgan fingerprint density at radius 2 is 1.80 bits per heavy atom. The molecule has 5 rings (SSSR count). The van der Waals surface area contributed by atoms with E-state index in [-0.39, 0.29) is 41.2 Å². The summed E-state index contributed by atoms with van der Waals surface area (Å²) in [7, 11) is 0. The van der Waals surface area contributed by atoms with E-state index < -0.39 is 29.1 Å². The molecule has 0 aliphatic heterocycles.